The number of carbonyl (C=O) groups excluding carboxylic acids is 1. The molecule has 6 nitrogen and oxygen atoms in total. The molecule has 19 heavy (non-hydrogen) atoms. The average Bonchev–Trinajstić information content (AvgIpc) is 2.86. The van der Waals surface area contributed by atoms with E-state index in [2.05, 4.69) is 10.3 Å². The molecule has 0 saturated carbocycles. The summed E-state index contributed by atoms with van der Waals surface area (Å²) in [5.41, 5.74) is 11.7. The molecule has 0 radical (unpaired) electrons. The lowest BCUT2D eigenvalue weighted by atomic mass is 10.3. The first-order valence-electron chi connectivity index (χ1n) is 5.65. The Balaban J connectivity index is 1.96. The highest BCUT2D eigenvalue weighted by Gasteiger charge is 2.06. The molecule has 98 valence electrons. The number of guanidine groups is 1. The lowest BCUT2D eigenvalue weighted by molar-refractivity contribution is 0.0972. The van der Waals surface area contributed by atoms with Crippen LogP contribution in [-0.4, -0.2) is 11.9 Å². The van der Waals surface area contributed by atoms with Crippen molar-refractivity contribution in [1.29, 1.82) is 0 Å². The zero-order valence-corrected chi connectivity index (χ0v) is 10.2. The Kier molecular flexibility index (Phi) is 3.82. The maximum Gasteiger partial charge on any atom is 0.284 e. The molecule has 0 aliphatic carbocycles. The number of benzene rings is 1. The summed E-state index contributed by atoms with van der Waals surface area (Å²) in [6, 6.07) is 12.6. The second-order valence-electron chi connectivity index (χ2n) is 3.82. The summed E-state index contributed by atoms with van der Waals surface area (Å²) in [5, 5.41) is 2.94. The van der Waals surface area contributed by atoms with Gasteiger partial charge < -0.3 is 21.2 Å². The van der Waals surface area contributed by atoms with Gasteiger partial charge in [0, 0.05) is 5.69 Å². The maximum absolute atomic E-state index is 10.8. The Morgan fingerprint density at radius 2 is 1.89 bits per heavy atom. The molecule has 0 fully saturated rings. The largest absolute Gasteiger partial charge is 0.454 e. The van der Waals surface area contributed by atoms with Gasteiger partial charge in [-0.25, -0.2) is 4.99 Å². The summed E-state index contributed by atoms with van der Waals surface area (Å²) in [5.74, 6) is 0.292. The lowest BCUT2D eigenvalue weighted by Gasteiger charge is -2.04. The highest BCUT2D eigenvalue weighted by atomic mass is 16.3. The van der Waals surface area contributed by atoms with Gasteiger partial charge in [0.05, 0.1) is 0 Å². The van der Waals surface area contributed by atoms with Crippen LogP contribution in [0.3, 0.4) is 0 Å². The van der Waals surface area contributed by atoms with E-state index in [1.807, 2.05) is 30.3 Å². The Labute approximate surface area is 110 Å². The van der Waals surface area contributed by atoms with E-state index in [4.69, 9.17) is 15.9 Å². The number of primary amides is 1. The number of hydrogen-bond acceptors (Lipinski definition) is 3. The summed E-state index contributed by atoms with van der Waals surface area (Å²) in [6.45, 7) is 0.235. The number of para-hydroxylation sites is 1. The summed E-state index contributed by atoms with van der Waals surface area (Å²) in [7, 11) is 0. The van der Waals surface area contributed by atoms with E-state index in [0.29, 0.717) is 5.76 Å². The topological polar surface area (TPSA) is 107 Å². The molecule has 1 aromatic heterocycles. The molecule has 0 aliphatic heterocycles. The minimum Gasteiger partial charge on any atom is -0.454 e. The summed E-state index contributed by atoms with van der Waals surface area (Å²) >= 11 is 0. The minimum atomic E-state index is -0.606. The van der Waals surface area contributed by atoms with E-state index in [-0.39, 0.29) is 18.3 Å². The predicted molar refractivity (Wildman–Crippen MR) is 72.6 cm³/mol. The number of aliphatic imine (C=N–C) groups is 1. The van der Waals surface area contributed by atoms with Crippen LogP contribution in [0.1, 0.15) is 16.3 Å². The smallest absolute Gasteiger partial charge is 0.284 e. The normalized spacial score (nSPS) is 11.3. The van der Waals surface area contributed by atoms with E-state index < -0.39 is 5.91 Å². The van der Waals surface area contributed by atoms with Gasteiger partial charge in [0.15, 0.2) is 11.7 Å². The number of nitrogens with two attached hydrogens (primary N) is 2. The van der Waals surface area contributed by atoms with Gasteiger partial charge in [0.2, 0.25) is 0 Å². The van der Waals surface area contributed by atoms with Gasteiger partial charge in [-0.1, -0.05) is 18.2 Å². The standard InChI is InChI=1S/C13H14N4O2/c14-12(18)11-7-6-10(19-11)8-16-13(15)17-9-4-2-1-3-5-9/h1-7H,8H2,(H2,14,18)(H3,15,16,17). The number of hydrogen-bond donors (Lipinski definition) is 3. The van der Waals surface area contributed by atoms with Crippen LogP contribution < -0.4 is 16.8 Å². The quantitative estimate of drug-likeness (QED) is 0.567. The molecule has 0 atom stereocenters. The van der Waals surface area contributed by atoms with Gasteiger partial charge in [-0.3, -0.25) is 4.79 Å². The van der Waals surface area contributed by atoms with Crippen molar-refractivity contribution in [2.75, 3.05) is 5.32 Å². The molecule has 0 bridgehead atoms. The monoisotopic (exact) mass is 258 g/mol. The maximum atomic E-state index is 10.8. The van der Waals surface area contributed by atoms with Crippen LogP contribution in [0.25, 0.3) is 0 Å². The van der Waals surface area contributed by atoms with Gasteiger partial charge in [-0.15, -0.1) is 0 Å². The van der Waals surface area contributed by atoms with Crippen molar-refractivity contribution in [3.8, 4) is 0 Å². The molecule has 2 aromatic rings. The fraction of sp³-hybridized carbons (Fsp3) is 0.0769. The van der Waals surface area contributed by atoms with Gasteiger partial charge in [0.25, 0.3) is 5.91 Å². The fourth-order valence-corrected chi connectivity index (χ4v) is 1.47. The molecule has 5 N–H and O–H groups in total. The first-order valence-corrected chi connectivity index (χ1v) is 5.65. The predicted octanol–water partition coefficient (Wildman–Crippen LogP) is 1.31. The lowest BCUT2D eigenvalue weighted by Crippen LogP contribution is -2.22. The third-order valence-corrected chi connectivity index (χ3v) is 2.36. The van der Waals surface area contributed by atoms with E-state index in [0.717, 1.165) is 5.69 Å². The zero-order chi connectivity index (χ0) is 13.7. The van der Waals surface area contributed by atoms with E-state index in [1.54, 1.807) is 6.07 Å². The molecule has 2 rings (SSSR count). The molecular formula is C13H14N4O2. The molecule has 1 heterocycles. The molecule has 6 heteroatoms. The van der Waals surface area contributed by atoms with Crippen LogP contribution in [0.5, 0.6) is 0 Å². The van der Waals surface area contributed by atoms with Crippen LogP contribution in [0, 0.1) is 0 Å². The van der Waals surface area contributed by atoms with Crippen molar-refractivity contribution in [2.24, 2.45) is 16.5 Å². The number of amides is 1. The van der Waals surface area contributed by atoms with Gasteiger partial charge in [-0.2, -0.15) is 0 Å². The van der Waals surface area contributed by atoms with Gasteiger partial charge in [-0.05, 0) is 24.3 Å². The molecular weight excluding hydrogens is 244 g/mol. The van der Waals surface area contributed by atoms with Crippen LogP contribution >= 0.6 is 0 Å². The van der Waals surface area contributed by atoms with Crippen molar-refractivity contribution in [3.05, 3.63) is 54.0 Å². The number of furan rings is 1. The fourth-order valence-electron chi connectivity index (χ4n) is 1.47. The Hall–Kier alpha value is -2.76. The number of rotatable bonds is 4. The van der Waals surface area contributed by atoms with Gasteiger partial charge in [0.1, 0.15) is 12.3 Å². The number of carbonyl (C=O) groups is 1. The van der Waals surface area contributed by atoms with Crippen molar-refractivity contribution in [2.45, 2.75) is 6.54 Å². The number of anilines is 1. The number of nitrogens with zero attached hydrogens (tertiary/aromatic N) is 1. The highest BCUT2D eigenvalue weighted by Crippen LogP contribution is 2.09. The first kappa shape index (κ1) is 12.7. The van der Waals surface area contributed by atoms with Crippen LogP contribution in [0.4, 0.5) is 5.69 Å². The van der Waals surface area contributed by atoms with Crippen molar-refractivity contribution in [1.82, 2.24) is 0 Å². The second-order valence-corrected chi connectivity index (χ2v) is 3.82. The molecule has 1 amide bonds. The SMILES string of the molecule is NC(=O)c1ccc(CN=C(N)Nc2ccccc2)o1. The Morgan fingerprint density at radius 3 is 2.53 bits per heavy atom. The van der Waals surface area contributed by atoms with E-state index in [1.165, 1.54) is 6.07 Å². The number of nitrogens with one attached hydrogen (secondary N) is 1. The molecule has 0 saturated heterocycles. The third kappa shape index (κ3) is 3.60. The summed E-state index contributed by atoms with van der Waals surface area (Å²) < 4.78 is 5.18. The molecule has 0 spiro atoms. The highest BCUT2D eigenvalue weighted by molar-refractivity contribution is 5.92. The molecule has 1 aromatic carbocycles. The van der Waals surface area contributed by atoms with Gasteiger partial charge >= 0.3 is 0 Å². The van der Waals surface area contributed by atoms with Crippen LogP contribution in [-0.2, 0) is 6.54 Å². The van der Waals surface area contributed by atoms with Crippen LogP contribution in [0.15, 0.2) is 51.9 Å². The summed E-state index contributed by atoms with van der Waals surface area (Å²) in [6.07, 6.45) is 0. The van der Waals surface area contributed by atoms with E-state index >= 15 is 0 Å². The first-order chi connectivity index (χ1) is 9.15. The molecule has 0 aliphatic rings. The van der Waals surface area contributed by atoms with Crippen molar-refractivity contribution in [3.63, 3.8) is 0 Å². The Morgan fingerprint density at radius 1 is 1.16 bits per heavy atom. The van der Waals surface area contributed by atoms with Crippen molar-refractivity contribution >= 4 is 17.6 Å². The summed E-state index contributed by atoms with van der Waals surface area (Å²) in [4.78, 5) is 14.9. The zero-order valence-electron chi connectivity index (χ0n) is 10.2. The Bertz CT molecular complexity index is 590. The average molecular weight is 258 g/mol. The molecule has 0 unspecified atom stereocenters. The van der Waals surface area contributed by atoms with Crippen molar-refractivity contribution < 1.29 is 9.21 Å². The third-order valence-electron chi connectivity index (χ3n) is 2.36. The second kappa shape index (κ2) is 5.72. The van der Waals surface area contributed by atoms with Crippen LogP contribution in [0.2, 0.25) is 0 Å². The van der Waals surface area contributed by atoms with E-state index in [9.17, 15) is 4.79 Å². The minimum absolute atomic E-state index is 0.111.